The van der Waals surface area contributed by atoms with Gasteiger partial charge in [-0.05, 0) is 6.08 Å². The minimum absolute atomic E-state index is 0.0781. The highest BCUT2D eigenvalue weighted by atomic mass is 15.1. The molecule has 0 saturated carbocycles. The number of nitrogens with one attached hydrogen (secondary N) is 2. The summed E-state index contributed by atoms with van der Waals surface area (Å²) in [5.41, 5.74) is 0.0781. The third-order valence-corrected chi connectivity index (χ3v) is 1.22. The van der Waals surface area contributed by atoms with Crippen LogP contribution in [0.1, 0.15) is 0 Å². The van der Waals surface area contributed by atoms with E-state index in [9.17, 15) is 0 Å². The lowest BCUT2D eigenvalue weighted by Gasteiger charge is -2.12. The SMILES string of the molecule is N#CC(C#N)=C1NC=CCN1. The van der Waals surface area contributed by atoms with Crippen molar-refractivity contribution in [1.29, 1.82) is 10.5 Å². The van der Waals surface area contributed by atoms with E-state index in [1.54, 1.807) is 18.3 Å². The second kappa shape index (κ2) is 3.28. The van der Waals surface area contributed by atoms with Crippen LogP contribution >= 0.6 is 0 Å². The summed E-state index contributed by atoms with van der Waals surface area (Å²) < 4.78 is 0. The number of nitrogens with zero attached hydrogens (tertiary/aromatic N) is 2. The summed E-state index contributed by atoms with van der Waals surface area (Å²) in [6.07, 6.45) is 3.55. The molecule has 0 fully saturated rings. The van der Waals surface area contributed by atoms with Crippen molar-refractivity contribution in [2.24, 2.45) is 0 Å². The third kappa shape index (κ3) is 1.50. The Hall–Kier alpha value is -1.94. The minimum Gasteiger partial charge on any atom is -0.366 e. The van der Waals surface area contributed by atoms with E-state index in [0.29, 0.717) is 12.4 Å². The Labute approximate surface area is 64.4 Å². The fourth-order valence-electron chi connectivity index (χ4n) is 0.711. The fourth-order valence-corrected chi connectivity index (χ4v) is 0.711. The molecule has 0 aliphatic carbocycles. The van der Waals surface area contributed by atoms with E-state index < -0.39 is 0 Å². The highest BCUT2D eigenvalue weighted by Gasteiger charge is 2.04. The first-order chi connectivity index (χ1) is 5.38. The number of hydrogen-bond acceptors (Lipinski definition) is 4. The Morgan fingerprint density at radius 2 is 2.18 bits per heavy atom. The molecule has 0 aromatic heterocycles. The molecule has 1 aliphatic heterocycles. The highest BCUT2D eigenvalue weighted by Crippen LogP contribution is 1.97. The average molecular weight is 146 g/mol. The quantitative estimate of drug-likeness (QED) is 0.470. The van der Waals surface area contributed by atoms with Crippen molar-refractivity contribution in [1.82, 2.24) is 10.6 Å². The summed E-state index contributed by atoms with van der Waals surface area (Å²) in [7, 11) is 0. The number of allylic oxidation sites excluding steroid dienone is 1. The molecule has 1 rings (SSSR count). The molecule has 1 aliphatic rings. The monoisotopic (exact) mass is 146 g/mol. The van der Waals surface area contributed by atoms with Crippen LogP contribution in [-0.2, 0) is 0 Å². The molecule has 4 heteroatoms. The molecule has 4 nitrogen and oxygen atoms in total. The van der Waals surface area contributed by atoms with E-state index in [1.165, 1.54) is 0 Å². The minimum atomic E-state index is 0.0781. The molecule has 0 aromatic rings. The lowest BCUT2D eigenvalue weighted by Crippen LogP contribution is -2.28. The number of hydrogen-bond donors (Lipinski definition) is 2. The molecule has 0 unspecified atom stereocenters. The van der Waals surface area contributed by atoms with Crippen LogP contribution < -0.4 is 10.6 Å². The van der Waals surface area contributed by atoms with Crippen molar-refractivity contribution in [2.45, 2.75) is 0 Å². The van der Waals surface area contributed by atoms with Gasteiger partial charge in [0.2, 0.25) is 0 Å². The van der Waals surface area contributed by atoms with E-state index in [1.807, 2.05) is 6.08 Å². The smallest absolute Gasteiger partial charge is 0.169 e. The van der Waals surface area contributed by atoms with E-state index in [0.717, 1.165) is 0 Å². The Kier molecular flexibility index (Phi) is 2.14. The third-order valence-electron chi connectivity index (χ3n) is 1.22. The van der Waals surface area contributed by atoms with Crippen LogP contribution in [0.5, 0.6) is 0 Å². The largest absolute Gasteiger partial charge is 0.366 e. The van der Waals surface area contributed by atoms with Crippen LogP contribution in [0, 0.1) is 22.7 Å². The van der Waals surface area contributed by atoms with E-state index >= 15 is 0 Å². The van der Waals surface area contributed by atoms with Crippen LogP contribution in [0.2, 0.25) is 0 Å². The molecule has 0 bridgehead atoms. The molecule has 0 aromatic carbocycles. The van der Waals surface area contributed by atoms with E-state index in [4.69, 9.17) is 10.5 Å². The Morgan fingerprint density at radius 3 is 2.64 bits per heavy atom. The summed E-state index contributed by atoms with van der Waals surface area (Å²) in [6.45, 7) is 0.648. The standard InChI is InChI=1S/C7H6N4/c8-4-6(5-9)7-10-2-1-3-11-7/h1-2,10-11H,3H2. The van der Waals surface area contributed by atoms with Crippen LogP contribution in [0.3, 0.4) is 0 Å². The van der Waals surface area contributed by atoms with Crippen molar-refractivity contribution in [2.75, 3.05) is 6.54 Å². The Morgan fingerprint density at radius 1 is 1.45 bits per heavy atom. The van der Waals surface area contributed by atoms with Gasteiger partial charge in [-0.3, -0.25) is 0 Å². The van der Waals surface area contributed by atoms with Gasteiger partial charge in [-0.15, -0.1) is 0 Å². The molecular weight excluding hydrogens is 140 g/mol. The van der Waals surface area contributed by atoms with Gasteiger partial charge in [0, 0.05) is 12.7 Å². The zero-order chi connectivity index (χ0) is 8.10. The van der Waals surface area contributed by atoms with Crippen molar-refractivity contribution in [3.05, 3.63) is 23.7 Å². The molecule has 2 N–H and O–H groups in total. The number of nitriles is 2. The van der Waals surface area contributed by atoms with Gasteiger partial charge in [0.05, 0.1) is 0 Å². The lowest BCUT2D eigenvalue weighted by molar-refractivity contribution is 0.778. The second-order valence-electron chi connectivity index (χ2n) is 1.90. The van der Waals surface area contributed by atoms with Crippen molar-refractivity contribution < 1.29 is 0 Å². The summed E-state index contributed by atoms with van der Waals surface area (Å²) in [4.78, 5) is 0. The van der Waals surface area contributed by atoms with Crippen LogP contribution in [0.25, 0.3) is 0 Å². The zero-order valence-electron chi connectivity index (χ0n) is 5.76. The second-order valence-corrected chi connectivity index (χ2v) is 1.90. The molecule has 0 radical (unpaired) electrons. The van der Waals surface area contributed by atoms with Crippen LogP contribution in [-0.4, -0.2) is 6.54 Å². The first-order valence-corrected chi connectivity index (χ1v) is 3.08. The summed E-state index contributed by atoms with van der Waals surface area (Å²) in [5.74, 6) is 0.484. The molecular formula is C7H6N4. The molecule has 0 saturated heterocycles. The van der Waals surface area contributed by atoms with E-state index in [2.05, 4.69) is 10.6 Å². The Balaban J connectivity index is 2.89. The van der Waals surface area contributed by atoms with Crippen molar-refractivity contribution >= 4 is 0 Å². The van der Waals surface area contributed by atoms with Gasteiger partial charge in [0.25, 0.3) is 0 Å². The van der Waals surface area contributed by atoms with Gasteiger partial charge in [0.15, 0.2) is 5.57 Å². The van der Waals surface area contributed by atoms with Crippen LogP contribution in [0.15, 0.2) is 23.7 Å². The van der Waals surface area contributed by atoms with Crippen LogP contribution in [0.4, 0.5) is 0 Å². The molecule has 11 heavy (non-hydrogen) atoms. The maximum atomic E-state index is 8.44. The predicted molar refractivity (Wildman–Crippen MR) is 38.5 cm³/mol. The first kappa shape index (κ1) is 7.17. The van der Waals surface area contributed by atoms with Crippen molar-refractivity contribution in [3.8, 4) is 12.1 Å². The summed E-state index contributed by atoms with van der Waals surface area (Å²) >= 11 is 0. The first-order valence-electron chi connectivity index (χ1n) is 3.08. The van der Waals surface area contributed by atoms with Gasteiger partial charge < -0.3 is 10.6 Å². The normalized spacial score (nSPS) is 13.8. The molecule has 0 amide bonds. The maximum absolute atomic E-state index is 8.44. The fraction of sp³-hybridized carbons (Fsp3) is 0.143. The molecule has 54 valence electrons. The molecule has 0 atom stereocenters. The topological polar surface area (TPSA) is 71.6 Å². The predicted octanol–water partition coefficient (Wildman–Crippen LogP) is -0.0483. The molecule has 0 spiro atoms. The number of rotatable bonds is 0. The Bertz CT molecular complexity index is 271. The van der Waals surface area contributed by atoms with Gasteiger partial charge in [0.1, 0.15) is 18.0 Å². The van der Waals surface area contributed by atoms with Crippen molar-refractivity contribution in [3.63, 3.8) is 0 Å². The van der Waals surface area contributed by atoms with Gasteiger partial charge in [-0.2, -0.15) is 10.5 Å². The van der Waals surface area contributed by atoms with E-state index in [-0.39, 0.29) is 5.57 Å². The summed E-state index contributed by atoms with van der Waals surface area (Å²) in [6, 6.07) is 3.56. The average Bonchev–Trinajstić information content (AvgIpc) is 2.09. The van der Waals surface area contributed by atoms with Gasteiger partial charge >= 0.3 is 0 Å². The van der Waals surface area contributed by atoms with Gasteiger partial charge in [-0.1, -0.05) is 0 Å². The summed E-state index contributed by atoms with van der Waals surface area (Å²) in [5, 5.41) is 22.5. The van der Waals surface area contributed by atoms with Gasteiger partial charge in [-0.25, -0.2) is 0 Å². The highest BCUT2D eigenvalue weighted by molar-refractivity contribution is 5.39. The zero-order valence-corrected chi connectivity index (χ0v) is 5.76. The molecule has 1 heterocycles. The maximum Gasteiger partial charge on any atom is 0.169 e. The lowest BCUT2D eigenvalue weighted by atomic mass is 10.3.